The van der Waals surface area contributed by atoms with Crippen LogP contribution in [0.4, 0.5) is 0 Å². The van der Waals surface area contributed by atoms with E-state index >= 15 is 0 Å². The zero-order valence-electron chi connectivity index (χ0n) is 25.3. The fourth-order valence-corrected chi connectivity index (χ4v) is 6.39. The van der Waals surface area contributed by atoms with Gasteiger partial charge in [-0.1, -0.05) is 140 Å². The number of nitrogens with zero attached hydrogens (tertiary/aromatic N) is 3. The van der Waals surface area contributed by atoms with Crippen molar-refractivity contribution in [3.63, 3.8) is 0 Å². The molecule has 2 aromatic heterocycles. The molecule has 0 amide bonds. The molecular formula is C43H27N3O. The largest absolute Gasteiger partial charge is 0.455 e. The van der Waals surface area contributed by atoms with E-state index in [1.54, 1.807) is 0 Å². The molecule has 9 aromatic rings. The van der Waals surface area contributed by atoms with Gasteiger partial charge in [-0.15, -0.1) is 0 Å². The molecule has 0 saturated carbocycles. The zero-order valence-corrected chi connectivity index (χ0v) is 25.3. The zero-order chi connectivity index (χ0) is 31.2. The first-order valence-electron chi connectivity index (χ1n) is 15.7. The number of aromatic nitrogens is 3. The maximum atomic E-state index is 6.60. The molecule has 0 bridgehead atoms. The molecule has 0 N–H and O–H groups in total. The fourth-order valence-electron chi connectivity index (χ4n) is 6.39. The monoisotopic (exact) mass is 601 g/mol. The van der Waals surface area contributed by atoms with Crippen LogP contribution in [-0.2, 0) is 0 Å². The number of para-hydroxylation sites is 1. The average molecular weight is 602 g/mol. The molecule has 0 unspecified atom stereocenters. The van der Waals surface area contributed by atoms with Gasteiger partial charge in [-0.25, -0.2) is 15.0 Å². The van der Waals surface area contributed by atoms with E-state index in [2.05, 4.69) is 78.9 Å². The van der Waals surface area contributed by atoms with Crippen LogP contribution in [0.25, 0.3) is 89.1 Å². The molecule has 0 aliphatic rings. The van der Waals surface area contributed by atoms with Crippen LogP contribution in [0.5, 0.6) is 0 Å². The second-order valence-electron chi connectivity index (χ2n) is 11.6. The summed E-state index contributed by atoms with van der Waals surface area (Å²) in [7, 11) is 0. The van der Waals surface area contributed by atoms with E-state index in [-0.39, 0.29) is 0 Å². The summed E-state index contributed by atoms with van der Waals surface area (Å²) in [6, 6.07) is 56.3. The fraction of sp³-hybridized carbons (Fsp3) is 0. The van der Waals surface area contributed by atoms with Crippen molar-refractivity contribution < 1.29 is 4.42 Å². The molecule has 0 fully saturated rings. The van der Waals surface area contributed by atoms with Gasteiger partial charge in [-0.3, -0.25) is 0 Å². The highest BCUT2D eigenvalue weighted by Gasteiger charge is 2.20. The molecule has 4 nitrogen and oxygen atoms in total. The maximum Gasteiger partial charge on any atom is 0.164 e. The molecule has 7 aromatic carbocycles. The quantitative estimate of drug-likeness (QED) is 0.197. The summed E-state index contributed by atoms with van der Waals surface area (Å²) in [6.45, 7) is 0. The number of rotatable bonds is 5. The first-order chi connectivity index (χ1) is 23.3. The van der Waals surface area contributed by atoms with E-state index in [9.17, 15) is 0 Å². The number of hydrogen-bond acceptors (Lipinski definition) is 4. The number of hydrogen-bond donors (Lipinski definition) is 0. The third kappa shape index (κ3) is 4.84. The Kier molecular flexibility index (Phi) is 6.43. The smallest absolute Gasteiger partial charge is 0.164 e. The minimum atomic E-state index is 0.605. The molecule has 9 rings (SSSR count). The van der Waals surface area contributed by atoms with Gasteiger partial charge in [0.05, 0.1) is 0 Å². The van der Waals surface area contributed by atoms with Crippen molar-refractivity contribution >= 4 is 32.7 Å². The summed E-state index contributed by atoms with van der Waals surface area (Å²) in [5, 5.41) is 4.13. The molecular weight excluding hydrogens is 574 g/mol. The summed E-state index contributed by atoms with van der Waals surface area (Å²) in [5.74, 6) is 1.86. The lowest BCUT2D eigenvalue weighted by Gasteiger charge is -2.11. The van der Waals surface area contributed by atoms with Crippen LogP contribution in [0.3, 0.4) is 0 Å². The molecule has 2 heterocycles. The third-order valence-corrected chi connectivity index (χ3v) is 8.73. The van der Waals surface area contributed by atoms with Crippen LogP contribution in [0.2, 0.25) is 0 Å². The van der Waals surface area contributed by atoms with Gasteiger partial charge >= 0.3 is 0 Å². The highest BCUT2D eigenvalue weighted by atomic mass is 16.3. The predicted octanol–water partition coefficient (Wildman–Crippen LogP) is 11.3. The summed E-state index contributed by atoms with van der Waals surface area (Å²) in [4.78, 5) is 15.1. The topological polar surface area (TPSA) is 51.8 Å². The van der Waals surface area contributed by atoms with E-state index in [0.29, 0.717) is 17.5 Å². The number of fused-ring (bicyclic) bond motifs is 5. The molecule has 4 heteroatoms. The minimum Gasteiger partial charge on any atom is -0.455 e. The number of benzene rings is 7. The Balaban J connectivity index is 1.27. The van der Waals surface area contributed by atoms with Crippen molar-refractivity contribution in [2.24, 2.45) is 0 Å². The summed E-state index contributed by atoms with van der Waals surface area (Å²) < 4.78 is 6.60. The van der Waals surface area contributed by atoms with Crippen LogP contribution in [0.1, 0.15) is 0 Å². The molecule has 0 spiro atoms. The van der Waals surface area contributed by atoms with E-state index in [1.165, 1.54) is 11.1 Å². The van der Waals surface area contributed by atoms with Crippen LogP contribution < -0.4 is 0 Å². The van der Waals surface area contributed by atoms with Gasteiger partial charge in [0, 0.05) is 32.8 Å². The lowest BCUT2D eigenvalue weighted by atomic mass is 9.95. The van der Waals surface area contributed by atoms with Gasteiger partial charge in [0.25, 0.3) is 0 Å². The normalized spacial score (nSPS) is 11.4. The first kappa shape index (κ1) is 27.0. The van der Waals surface area contributed by atoms with E-state index in [1.807, 2.05) is 84.9 Å². The highest BCUT2D eigenvalue weighted by Crippen LogP contribution is 2.42. The Morgan fingerprint density at radius 2 is 0.851 bits per heavy atom. The first-order valence-corrected chi connectivity index (χ1v) is 15.7. The van der Waals surface area contributed by atoms with Gasteiger partial charge in [0.15, 0.2) is 17.5 Å². The Hall–Kier alpha value is -6.39. The van der Waals surface area contributed by atoms with Crippen molar-refractivity contribution in [2.45, 2.75) is 0 Å². The average Bonchev–Trinajstić information content (AvgIpc) is 3.55. The van der Waals surface area contributed by atoms with Crippen molar-refractivity contribution in [3.8, 4) is 56.4 Å². The standard InChI is InChI=1S/C43H27N3O/c1-4-12-28(13-5-1)29-20-22-30(23-21-29)33-24-25-35-34(26-33)27-37(39-36-18-10-11-19-38(36)47-40(35)39)43-45-41(31-14-6-2-7-15-31)44-42(46-43)32-16-8-3-9-17-32/h1-27H. The lowest BCUT2D eigenvalue weighted by molar-refractivity contribution is 0.672. The SMILES string of the molecule is c1ccc(-c2ccc(-c3ccc4c(c3)cc(-c3nc(-c5ccccc5)nc(-c5ccccc5)n3)c3c5ccccc5oc43)cc2)cc1. The molecule has 0 aliphatic carbocycles. The maximum absolute atomic E-state index is 6.60. The van der Waals surface area contributed by atoms with E-state index in [4.69, 9.17) is 19.4 Å². The molecule has 0 radical (unpaired) electrons. The van der Waals surface area contributed by atoms with E-state index < -0.39 is 0 Å². The Morgan fingerprint density at radius 1 is 0.362 bits per heavy atom. The van der Waals surface area contributed by atoms with Crippen LogP contribution >= 0.6 is 0 Å². The highest BCUT2D eigenvalue weighted by molar-refractivity contribution is 6.21. The molecule has 0 atom stereocenters. The van der Waals surface area contributed by atoms with Crippen molar-refractivity contribution in [3.05, 3.63) is 164 Å². The lowest BCUT2D eigenvalue weighted by Crippen LogP contribution is -2.00. The summed E-state index contributed by atoms with van der Waals surface area (Å²) in [6.07, 6.45) is 0. The third-order valence-electron chi connectivity index (χ3n) is 8.73. The second-order valence-corrected chi connectivity index (χ2v) is 11.6. The molecule has 220 valence electrons. The van der Waals surface area contributed by atoms with Crippen molar-refractivity contribution in [1.82, 2.24) is 15.0 Å². The Morgan fingerprint density at radius 3 is 1.49 bits per heavy atom. The Bertz CT molecular complexity index is 2480. The van der Waals surface area contributed by atoms with Crippen LogP contribution in [0, 0.1) is 0 Å². The molecule has 0 saturated heterocycles. The minimum absolute atomic E-state index is 0.605. The summed E-state index contributed by atoms with van der Waals surface area (Å²) >= 11 is 0. The molecule has 0 aliphatic heterocycles. The molecule has 47 heavy (non-hydrogen) atoms. The van der Waals surface area contributed by atoms with Gasteiger partial charge < -0.3 is 4.42 Å². The van der Waals surface area contributed by atoms with Crippen LogP contribution in [-0.4, -0.2) is 15.0 Å². The summed E-state index contributed by atoms with van der Waals surface area (Å²) in [5.41, 5.74) is 9.11. The van der Waals surface area contributed by atoms with Gasteiger partial charge in [-0.2, -0.15) is 0 Å². The number of furan rings is 1. The van der Waals surface area contributed by atoms with E-state index in [0.717, 1.165) is 60.5 Å². The van der Waals surface area contributed by atoms with Gasteiger partial charge in [0.1, 0.15) is 11.2 Å². The second kappa shape index (κ2) is 11.2. The van der Waals surface area contributed by atoms with Crippen molar-refractivity contribution in [1.29, 1.82) is 0 Å². The van der Waals surface area contributed by atoms with Crippen LogP contribution in [0.15, 0.2) is 168 Å². The van der Waals surface area contributed by atoms with Gasteiger partial charge in [0.2, 0.25) is 0 Å². The van der Waals surface area contributed by atoms with Crippen molar-refractivity contribution in [2.75, 3.05) is 0 Å². The Labute approximate surface area is 271 Å². The predicted molar refractivity (Wildman–Crippen MR) is 192 cm³/mol. The van der Waals surface area contributed by atoms with Gasteiger partial charge in [-0.05, 0) is 51.9 Å².